The zero-order valence-electron chi connectivity index (χ0n) is 15.9. The van der Waals surface area contributed by atoms with Crippen molar-refractivity contribution in [2.75, 3.05) is 13.7 Å². The molecule has 1 unspecified atom stereocenters. The molecule has 146 valence electrons. The molecule has 1 atom stereocenters. The first-order valence-corrected chi connectivity index (χ1v) is 10.4. The lowest BCUT2D eigenvalue weighted by Crippen LogP contribution is -2.33. The number of carbonyl (C=O) groups is 1. The van der Waals surface area contributed by atoms with E-state index >= 15 is 0 Å². The molecule has 2 aromatic carbocycles. The van der Waals surface area contributed by atoms with E-state index in [4.69, 9.17) is 4.74 Å². The lowest BCUT2D eigenvalue weighted by atomic mass is 10.1. The van der Waals surface area contributed by atoms with Gasteiger partial charge >= 0.3 is 0 Å². The number of methoxy groups -OCH3 is 1. The van der Waals surface area contributed by atoms with Crippen molar-refractivity contribution in [1.29, 1.82) is 0 Å². The number of benzene rings is 2. The smallest absolute Gasteiger partial charge is 0.255 e. The summed E-state index contributed by atoms with van der Waals surface area (Å²) in [5, 5.41) is 2.66. The van der Waals surface area contributed by atoms with E-state index in [-0.39, 0.29) is 22.4 Å². The Morgan fingerprint density at radius 3 is 2.48 bits per heavy atom. The van der Waals surface area contributed by atoms with Crippen molar-refractivity contribution in [3.8, 4) is 5.75 Å². The number of sulfonamides is 1. The van der Waals surface area contributed by atoms with Gasteiger partial charge in [0.25, 0.3) is 5.91 Å². The molecule has 1 amide bonds. The Hall–Kier alpha value is -2.38. The van der Waals surface area contributed by atoms with Crippen LogP contribution in [0.25, 0.3) is 0 Å². The molecule has 0 saturated heterocycles. The molecule has 0 saturated carbocycles. The maximum absolute atomic E-state index is 12.7. The molecule has 7 heteroatoms. The normalized spacial score (nSPS) is 12.4. The third kappa shape index (κ3) is 5.80. The minimum Gasteiger partial charge on any atom is -0.496 e. The largest absolute Gasteiger partial charge is 0.496 e. The minimum atomic E-state index is -3.75. The molecule has 0 aliphatic heterocycles. The zero-order valence-corrected chi connectivity index (χ0v) is 16.7. The second-order valence-electron chi connectivity index (χ2n) is 6.27. The highest BCUT2D eigenvalue weighted by Crippen LogP contribution is 2.23. The summed E-state index contributed by atoms with van der Waals surface area (Å²) in [6, 6.07) is 13.9. The summed E-state index contributed by atoms with van der Waals surface area (Å²) in [6.45, 7) is 4.06. The van der Waals surface area contributed by atoms with Gasteiger partial charge < -0.3 is 10.1 Å². The van der Waals surface area contributed by atoms with E-state index in [0.717, 1.165) is 12.0 Å². The van der Waals surface area contributed by atoms with E-state index in [1.807, 2.05) is 37.3 Å². The number of nitrogens with one attached hydrogen (secondary N) is 2. The molecular weight excluding hydrogens is 364 g/mol. The number of rotatable bonds is 9. The van der Waals surface area contributed by atoms with Crippen LogP contribution in [-0.2, 0) is 16.4 Å². The second-order valence-corrected chi connectivity index (χ2v) is 7.98. The summed E-state index contributed by atoms with van der Waals surface area (Å²) in [6.07, 6.45) is 1.44. The fraction of sp³-hybridized carbons (Fsp3) is 0.350. The van der Waals surface area contributed by atoms with Gasteiger partial charge in [-0.25, -0.2) is 13.1 Å². The summed E-state index contributed by atoms with van der Waals surface area (Å²) in [7, 11) is -2.30. The lowest BCUT2D eigenvalue weighted by molar-refractivity contribution is 0.0952. The highest BCUT2D eigenvalue weighted by Gasteiger charge is 2.21. The van der Waals surface area contributed by atoms with Crippen molar-refractivity contribution in [1.82, 2.24) is 10.0 Å². The van der Waals surface area contributed by atoms with Crippen LogP contribution in [0.3, 0.4) is 0 Å². The molecule has 0 bridgehead atoms. The first-order chi connectivity index (χ1) is 12.9. The number of hydrogen-bond donors (Lipinski definition) is 2. The summed E-state index contributed by atoms with van der Waals surface area (Å²) in [5.41, 5.74) is 1.35. The van der Waals surface area contributed by atoms with Crippen molar-refractivity contribution in [3.63, 3.8) is 0 Å². The molecular formula is C20H26N2O4S. The van der Waals surface area contributed by atoms with Crippen LogP contribution in [0.1, 0.15) is 36.2 Å². The second kappa shape index (κ2) is 9.53. The molecule has 0 aromatic heterocycles. The zero-order chi connectivity index (χ0) is 19.9. The van der Waals surface area contributed by atoms with Crippen molar-refractivity contribution in [3.05, 3.63) is 59.7 Å². The molecule has 0 heterocycles. The predicted molar refractivity (Wildman–Crippen MR) is 106 cm³/mol. The van der Waals surface area contributed by atoms with E-state index in [1.54, 1.807) is 6.92 Å². The van der Waals surface area contributed by atoms with Crippen molar-refractivity contribution < 1.29 is 17.9 Å². The Morgan fingerprint density at radius 1 is 1.15 bits per heavy atom. The number of amides is 1. The third-order valence-corrected chi connectivity index (χ3v) is 5.72. The van der Waals surface area contributed by atoms with Gasteiger partial charge in [0, 0.05) is 12.6 Å². The Kier molecular flexibility index (Phi) is 7.38. The van der Waals surface area contributed by atoms with E-state index in [0.29, 0.717) is 18.7 Å². The fourth-order valence-corrected chi connectivity index (χ4v) is 4.01. The summed E-state index contributed by atoms with van der Waals surface area (Å²) in [4.78, 5) is 12.2. The van der Waals surface area contributed by atoms with E-state index in [9.17, 15) is 13.2 Å². The van der Waals surface area contributed by atoms with Gasteiger partial charge in [0.2, 0.25) is 10.0 Å². The molecule has 27 heavy (non-hydrogen) atoms. The number of ether oxygens (including phenoxy) is 1. The molecule has 2 aromatic rings. The van der Waals surface area contributed by atoms with Crippen molar-refractivity contribution in [2.24, 2.45) is 0 Å². The van der Waals surface area contributed by atoms with Crippen molar-refractivity contribution in [2.45, 2.75) is 37.6 Å². The van der Waals surface area contributed by atoms with E-state index in [2.05, 4.69) is 10.0 Å². The van der Waals surface area contributed by atoms with Crippen LogP contribution < -0.4 is 14.8 Å². The maximum atomic E-state index is 12.7. The monoisotopic (exact) mass is 390 g/mol. The third-order valence-electron chi connectivity index (χ3n) is 4.13. The molecule has 2 rings (SSSR count). The summed E-state index contributed by atoms with van der Waals surface area (Å²) in [5.74, 6) is -0.0412. The predicted octanol–water partition coefficient (Wildman–Crippen LogP) is 2.74. The SMILES string of the molecule is CCNC(=O)c1cc(S(=O)(=O)NC(C)CCc2ccccc2)ccc1OC. The summed E-state index contributed by atoms with van der Waals surface area (Å²) < 4.78 is 33.3. The van der Waals surface area contributed by atoms with E-state index in [1.165, 1.54) is 25.3 Å². The van der Waals surface area contributed by atoms with Gasteiger partial charge in [-0.2, -0.15) is 0 Å². The van der Waals surface area contributed by atoms with Gasteiger partial charge in [0.05, 0.1) is 17.6 Å². The molecule has 0 fully saturated rings. The highest BCUT2D eigenvalue weighted by atomic mass is 32.2. The summed E-state index contributed by atoms with van der Waals surface area (Å²) >= 11 is 0. The first-order valence-electron chi connectivity index (χ1n) is 8.90. The van der Waals surface area contributed by atoms with Crippen LogP contribution in [0.4, 0.5) is 0 Å². The Labute approximate surface area is 161 Å². The molecule has 2 N–H and O–H groups in total. The van der Waals surface area contributed by atoms with Gasteiger partial charge in [0.15, 0.2) is 0 Å². The van der Waals surface area contributed by atoms with Gasteiger partial charge in [-0.15, -0.1) is 0 Å². The minimum absolute atomic E-state index is 0.0381. The Morgan fingerprint density at radius 2 is 1.85 bits per heavy atom. The quantitative estimate of drug-likeness (QED) is 0.689. The topological polar surface area (TPSA) is 84.5 Å². The van der Waals surface area contributed by atoms with Crippen LogP contribution in [0.15, 0.2) is 53.4 Å². The first kappa shape index (κ1) is 20.9. The highest BCUT2D eigenvalue weighted by molar-refractivity contribution is 7.89. The lowest BCUT2D eigenvalue weighted by Gasteiger charge is -2.16. The van der Waals surface area contributed by atoms with E-state index < -0.39 is 10.0 Å². The molecule has 0 spiro atoms. The van der Waals surface area contributed by atoms with Crippen LogP contribution in [0.5, 0.6) is 5.75 Å². The average Bonchev–Trinajstić information content (AvgIpc) is 2.66. The van der Waals surface area contributed by atoms with Crippen LogP contribution in [-0.4, -0.2) is 34.0 Å². The van der Waals surface area contributed by atoms with Gasteiger partial charge in [-0.05, 0) is 50.5 Å². The number of aryl methyl sites for hydroxylation is 1. The Balaban J connectivity index is 2.13. The van der Waals surface area contributed by atoms with Crippen molar-refractivity contribution >= 4 is 15.9 Å². The maximum Gasteiger partial charge on any atom is 0.255 e. The Bertz CT molecular complexity index is 867. The molecule has 0 radical (unpaired) electrons. The molecule has 0 aliphatic rings. The molecule has 0 aliphatic carbocycles. The van der Waals surface area contributed by atoms with Crippen LogP contribution in [0, 0.1) is 0 Å². The number of carbonyl (C=O) groups excluding carboxylic acids is 1. The standard InChI is InChI=1S/C20H26N2O4S/c1-4-21-20(23)18-14-17(12-13-19(18)26-3)27(24,25)22-15(2)10-11-16-8-6-5-7-9-16/h5-9,12-15,22H,4,10-11H2,1-3H3,(H,21,23). The van der Waals surface area contributed by atoms with Gasteiger partial charge in [-0.3, -0.25) is 4.79 Å². The molecule has 6 nitrogen and oxygen atoms in total. The average molecular weight is 391 g/mol. The van der Waals surface area contributed by atoms with Crippen LogP contribution in [0.2, 0.25) is 0 Å². The number of hydrogen-bond acceptors (Lipinski definition) is 4. The fourth-order valence-electron chi connectivity index (χ4n) is 2.71. The van der Waals surface area contributed by atoms with Gasteiger partial charge in [-0.1, -0.05) is 30.3 Å². The van der Waals surface area contributed by atoms with Crippen LogP contribution >= 0.6 is 0 Å². The van der Waals surface area contributed by atoms with Gasteiger partial charge in [0.1, 0.15) is 5.75 Å².